The van der Waals surface area contributed by atoms with Crippen LogP contribution in [0.5, 0.6) is 0 Å². The van der Waals surface area contributed by atoms with E-state index in [0.29, 0.717) is 27.6 Å². The maximum atomic E-state index is 13.9. The van der Waals surface area contributed by atoms with Crippen molar-refractivity contribution in [2.75, 3.05) is 6.26 Å². The van der Waals surface area contributed by atoms with Crippen molar-refractivity contribution in [1.82, 2.24) is 9.55 Å². The van der Waals surface area contributed by atoms with Gasteiger partial charge in [-0.2, -0.15) is 0 Å². The van der Waals surface area contributed by atoms with E-state index in [2.05, 4.69) is 20.9 Å². The zero-order valence-corrected chi connectivity index (χ0v) is 23.3. The molecule has 0 amide bonds. The molecule has 5 aromatic rings. The van der Waals surface area contributed by atoms with Crippen LogP contribution >= 0.6 is 15.9 Å². The van der Waals surface area contributed by atoms with Crippen molar-refractivity contribution in [3.63, 3.8) is 0 Å². The SMILES string of the molecule is CS(=O)(=O)c1ccc(Cn2c(C(=O)OCc3ccccn3)c(-c3ccccc3)c3cc(Br)ccc3c2=O)cc1. The summed E-state index contributed by atoms with van der Waals surface area (Å²) in [6.07, 6.45) is 2.75. The Hall–Kier alpha value is -4.08. The van der Waals surface area contributed by atoms with Crippen molar-refractivity contribution in [2.24, 2.45) is 0 Å². The summed E-state index contributed by atoms with van der Waals surface area (Å²) in [4.78, 5) is 32.1. The summed E-state index contributed by atoms with van der Waals surface area (Å²) in [5.74, 6) is -0.675. The maximum Gasteiger partial charge on any atom is 0.356 e. The average Bonchev–Trinajstić information content (AvgIpc) is 2.93. The van der Waals surface area contributed by atoms with Gasteiger partial charge in [0.05, 0.1) is 17.1 Å². The third-order valence-corrected chi connectivity index (χ3v) is 7.88. The molecule has 0 aliphatic rings. The molecule has 0 aliphatic heterocycles. The van der Waals surface area contributed by atoms with Gasteiger partial charge in [0, 0.05) is 27.9 Å². The number of fused-ring (bicyclic) bond motifs is 1. The molecule has 0 unspecified atom stereocenters. The van der Waals surface area contributed by atoms with Crippen molar-refractivity contribution < 1.29 is 17.9 Å². The minimum Gasteiger partial charge on any atom is -0.454 e. The lowest BCUT2D eigenvalue weighted by Gasteiger charge is -2.20. The molecular formula is C30H23BrN2O5S. The van der Waals surface area contributed by atoms with Crippen molar-refractivity contribution in [1.29, 1.82) is 0 Å². The molecule has 7 nitrogen and oxygen atoms in total. The Morgan fingerprint density at radius 3 is 2.31 bits per heavy atom. The Labute approximate surface area is 233 Å². The molecule has 0 aliphatic carbocycles. The van der Waals surface area contributed by atoms with Gasteiger partial charge in [-0.15, -0.1) is 0 Å². The number of hydrogen-bond donors (Lipinski definition) is 0. The number of nitrogens with zero attached hydrogens (tertiary/aromatic N) is 2. The summed E-state index contributed by atoms with van der Waals surface area (Å²) in [7, 11) is -3.38. The van der Waals surface area contributed by atoms with Crippen LogP contribution in [0.3, 0.4) is 0 Å². The first-order valence-corrected chi connectivity index (χ1v) is 14.7. The van der Waals surface area contributed by atoms with Crippen LogP contribution in [0.2, 0.25) is 0 Å². The molecule has 196 valence electrons. The van der Waals surface area contributed by atoms with Gasteiger partial charge in [0.2, 0.25) is 0 Å². The number of aromatic nitrogens is 2. The number of sulfone groups is 1. The quantitative estimate of drug-likeness (QED) is 0.224. The summed E-state index contributed by atoms with van der Waals surface area (Å²) in [5, 5.41) is 1.04. The second kappa shape index (κ2) is 11.0. The number of hydrogen-bond acceptors (Lipinski definition) is 6. The lowest BCUT2D eigenvalue weighted by molar-refractivity contribution is 0.0455. The topological polar surface area (TPSA) is 95.3 Å². The monoisotopic (exact) mass is 602 g/mol. The average molecular weight is 603 g/mol. The van der Waals surface area contributed by atoms with E-state index < -0.39 is 15.8 Å². The van der Waals surface area contributed by atoms with Crippen LogP contribution in [0.25, 0.3) is 21.9 Å². The summed E-state index contributed by atoms with van der Waals surface area (Å²) in [6, 6.07) is 26.3. The molecule has 0 fully saturated rings. The highest BCUT2D eigenvalue weighted by atomic mass is 79.9. The predicted octanol–water partition coefficient (Wildman–Crippen LogP) is 5.63. The van der Waals surface area contributed by atoms with E-state index in [4.69, 9.17) is 4.74 Å². The molecular weight excluding hydrogens is 580 g/mol. The molecule has 3 aromatic carbocycles. The Morgan fingerprint density at radius 2 is 1.64 bits per heavy atom. The third kappa shape index (κ3) is 5.69. The van der Waals surface area contributed by atoms with Crippen LogP contribution < -0.4 is 5.56 Å². The number of carbonyl (C=O) groups excluding carboxylic acids is 1. The smallest absolute Gasteiger partial charge is 0.356 e. The normalized spacial score (nSPS) is 11.4. The molecule has 9 heteroatoms. The molecule has 0 atom stereocenters. The van der Waals surface area contributed by atoms with Crippen LogP contribution in [0.15, 0.2) is 111 Å². The molecule has 39 heavy (non-hydrogen) atoms. The minimum absolute atomic E-state index is 0.0305. The summed E-state index contributed by atoms with van der Waals surface area (Å²) >= 11 is 3.50. The number of ether oxygens (including phenoxy) is 1. The summed E-state index contributed by atoms with van der Waals surface area (Å²) in [6.45, 7) is -0.0373. The lowest BCUT2D eigenvalue weighted by atomic mass is 9.96. The Kier molecular flexibility index (Phi) is 7.45. The Balaban J connectivity index is 1.73. The number of benzene rings is 3. The second-order valence-electron chi connectivity index (χ2n) is 8.98. The summed E-state index contributed by atoms with van der Waals surface area (Å²) in [5.41, 5.74) is 2.26. The van der Waals surface area contributed by atoms with Crippen molar-refractivity contribution in [3.05, 3.63) is 129 Å². The van der Waals surface area contributed by atoms with E-state index in [1.165, 1.54) is 16.7 Å². The van der Waals surface area contributed by atoms with Gasteiger partial charge in [0.1, 0.15) is 12.3 Å². The fourth-order valence-electron chi connectivity index (χ4n) is 4.40. The number of esters is 1. The molecule has 0 bridgehead atoms. The first-order valence-electron chi connectivity index (χ1n) is 12.0. The second-order valence-corrected chi connectivity index (χ2v) is 11.9. The Bertz CT molecular complexity index is 1840. The number of pyridine rings is 2. The fourth-order valence-corrected chi connectivity index (χ4v) is 5.39. The van der Waals surface area contributed by atoms with E-state index in [9.17, 15) is 18.0 Å². The van der Waals surface area contributed by atoms with E-state index >= 15 is 0 Å². The van der Waals surface area contributed by atoms with Gasteiger partial charge in [-0.1, -0.05) is 64.5 Å². The van der Waals surface area contributed by atoms with Crippen LogP contribution in [-0.2, 0) is 27.7 Å². The molecule has 0 N–H and O–H groups in total. The van der Waals surface area contributed by atoms with Gasteiger partial charge in [0.25, 0.3) is 5.56 Å². The zero-order chi connectivity index (χ0) is 27.6. The highest BCUT2D eigenvalue weighted by molar-refractivity contribution is 9.10. The first-order chi connectivity index (χ1) is 18.7. The summed E-state index contributed by atoms with van der Waals surface area (Å²) < 4.78 is 31.7. The zero-order valence-electron chi connectivity index (χ0n) is 20.9. The van der Waals surface area contributed by atoms with Gasteiger partial charge in [-0.05, 0) is 59.0 Å². The molecule has 0 spiro atoms. The van der Waals surface area contributed by atoms with Crippen molar-refractivity contribution in [3.8, 4) is 11.1 Å². The number of rotatable bonds is 7. The van der Waals surface area contributed by atoms with Crippen molar-refractivity contribution >= 4 is 42.5 Å². The van der Waals surface area contributed by atoms with Crippen LogP contribution in [0.1, 0.15) is 21.7 Å². The van der Waals surface area contributed by atoms with Gasteiger partial charge in [-0.25, -0.2) is 13.2 Å². The highest BCUT2D eigenvalue weighted by Gasteiger charge is 2.25. The van der Waals surface area contributed by atoms with E-state index in [1.807, 2.05) is 36.4 Å². The van der Waals surface area contributed by atoms with E-state index in [0.717, 1.165) is 16.3 Å². The lowest BCUT2D eigenvalue weighted by Crippen LogP contribution is -2.29. The largest absolute Gasteiger partial charge is 0.454 e. The van der Waals surface area contributed by atoms with E-state index in [-0.39, 0.29) is 29.3 Å². The molecule has 2 aromatic heterocycles. The molecule has 0 saturated heterocycles. The Morgan fingerprint density at radius 1 is 0.923 bits per heavy atom. The highest BCUT2D eigenvalue weighted by Crippen LogP contribution is 2.33. The van der Waals surface area contributed by atoms with Crippen LogP contribution in [0, 0.1) is 0 Å². The van der Waals surface area contributed by atoms with Crippen LogP contribution in [-0.4, -0.2) is 30.2 Å². The minimum atomic E-state index is -3.38. The van der Waals surface area contributed by atoms with Gasteiger partial charge >= 0.3 is 5.97 Å². The molecule has 5 rings (SSSR count). The predicted molar refractivity (Wildman–Crippen MR) is 153 cm³/mol. The van der Waals surface area contributed by atoms with E-state index in [1.54, 1.807) is 48.7 Å². The maximum absolute atomic E-state index is 13.9. The van der Waals surface area contributed by atoms with Crippen LogP contribution in [0.4, 0.5) is 0 Å². The molecule has 0 radical (unpaired) electrons. The number of carbonyl (C=O) groups is 1. The van der Waals surface area contributed by atoms with Gasteiger partial charge < -0.3 is 4.74 Å². The van der Waals surface area contributed by atoms with Gasteiger partial charge in [-0.3, -0.25) is 14.3 Å². The third-order valence-electron chi connectivity index (χ3n) is 6.26. The van der Waals surface area contributed by atoms with Gasteiger partial charge in [0.15, 0.2) is 9.84 Å². The van der Waals surface area contributed by atoms with Crippen molar-refractivity contribution in [2.45, 2.75) is 18.0 Å². The molecule has 2 heterocycles. The number of halogens is 1. The fraction of sp³-hybridized carbons (Fsp3) is 0.100. The molecule has 0 saturated carbocycles. The standard InChI is InChI=1S/C30H23BrN2O5S/c1-39(36,37)24-13-10-20(11-14-24)18-33-28(30(35)38-19-23-9-5-6-16-32-23)27(21-7-3-2-4-8-21)26-17-22(31)12-15-25(26)29(33)34/h2-17H,18-19H2,1H3. The first kappa shape index (κ1) is 26.5.